The number of nitrogens with zero attached hydrogens (tertiary/aromatic N) is 1. The number of rotatable bonds is 3. The van der Waals surface area contributed by atoms with Crippen molar-refractivity contribution < 1.29 is 19.3 Å². The summed E-state index contributed by atoms with van der Waals surface area (Å²) in [6.45, 7) is 1.27. The van der Waals surface area contributed by atoms with E-state index in [-0.39, 0.29) is 11.3 Å². The van der Waals surface area contributed by atoms with Gasteiger partial charge in [0, 0.05) is 11.6 Å². The zero-order valence-electron chi connectivity index (χ0n) is 7.90. The molecular weight excluding hydrogens is 221 g/mol. The third-order valence-corrected chi connectivity index (χ3v) is 3.38. The average Bonchev–Trinajstić information content (AvgIpc) is 2.15. The van der Waals surface area contributed by atoms with Crippen molar-refractivity contribution in [3.8, 4) is 0 Å². The summed E-state index contributed by atoms with van der Waals surface area (Å²) in [5, 5.41) is 10.6. The summed E-state index contributed by atoms with van der Waals surface area (Å²) in [5.41, 5.74) is -1.39. The molecule has 0 saturated carbocycles. The largest absolute Gasteiger partial charge is 0.332 e. The van der Waals surface area contributed by atoms with E-state index in [1.54, 1.807) is 0 Å². The Morgan fingerprint density at radius 3 is 2.40 bits per heavy atom. The van der Waals surface area contributed by atoms with Gasteiger partial charge in [-0.1, -0.05) is 18.2 Å². The van der Waals surface area contributed by atoms with Crippen molar-refractivity contribution in [2.24, 2.45) is 0 Å². The smallest absolute Gasteiger partial charge is 0.324 e. The quantitative estimate of drug-likeness (QED) is 0.469. The molecule has 0 aromatic heterocycles. The van der Waals surface area contributed by atoms with Crippen LogP contribution in [0.25, 0.3) is 0 Å². The number of para-hydroxylation sites is 1. The van der Waals surface area contributed by atoms with Gasteiger partial charge in [0.25, 0.3) is 5.69 Å². The molecule has 2 N–H and O–H groups in total. The lowest BCUT2D eigenvalue weighted by atomic mass is 10.1. The van der Waals surface area contributed by atoms with Gasteiger partial charge >= 0.3 is 7.60 Å². The summed E-state index contributed by atoms with van der Waals surface area (Å²) in [7, 11) is -4.35. The van der Waals surface area contributed by atoms with E-state index in [0.29, 0.717) is 0 Å². The topological polar surface area (TPSA) is 101 Å². The molecule has 7 heteroatoms. The van der Waals surface area contributed by atoms with Gasteiger partial charge in [0.15, 0.2) is 0 Å². The summed E-state index contributed by atoms with van der Waals surface area (Å²) in [6.07, 6.45) is 0. The highest BCUT2D eigenvalue weighted by molar-refractivity contribution is 7.52. The first-order valence-electron chi connectivity index (χ1n) is 4.12. The number of benzene rings is 1. The van der Waals surface area contributed by atoms with Gasteiger partial charge in [-0.05, 0) is 6.92 Å². The second-order valence-corrected chi connectivity index (χ2v) is 5.03. The Labute approximate surface area is 85.9 Å². The van der Waals surface area contributed by atoms with Crippen LogP contribution in [0.3, 0.4) is 0 Å². The molecule has 0 fully saturated rings. The van der Waals surface area contributed by atoms with E-state index in [0.717, 1.165) is 0 Å². The Morgan fingerprint density at radius 2 is 1.93 bits per heavy atom. The van der Waals surface area contributed by atoms with Crippen LogP contribution < -0.4 is 0 Å². The maximum atomic E-state index is 11.0. The van der Waals surface area contributed by atoms with Crippen LogP contribution in [-0.4, -0.2) is 14.7 Å². The Hall–Kier alpha value is -1.23. The minimum Gasteiger partial charge on any atom is -0.324 e. The average molecular weight is 231 g/mol. The SMILES string of the molecule is CC(c1ccccc1[N+](=O)[O-])P(=O)(O)O. The Morgan fingerprint density at radius 1 is 1.40 bits per heavy atom. The molecule has 1 aromatic rings. The molecule has 82 valence electrons. The molecule has 15 heavy (non-hydrogen) atoms. The van der Waals surface area contributed by atoms with Crippen molar-refractivity contribution >= 4 is 13.3 Å². The minimum atomic E-state index is -4.35. The van der Waals surface area contributed by atoms with E-state index >= 15 is 0 Å². The fourth-order valence-electron chi connectivity index (χ4n) is 1.19. The van der Waals surface area contributed by atoms with Crippen LogP contribution in [0, 0.1) is 10.1 Å². The molecule has 0 bridgehead atoms. The Bertz CT molecular complexity index is 427. The highest BCUT2D eigenvalue weighted by Crippen LogP contribution is 2.53. The minimum absolute atomic E-state index is 0.0517. The first kappa shape index (κ1) is 11.8. The lowest BCUT2D eigenvalue weighted by Gasteiger charge is -2.13. The molecule has 1 unspecified atom stereocenters. The molecule has 0 amide bonds. The van der Waals surface area contributed by atoms with Crippen LogP contribution in [0.15, 0.2) is 24.3 Å². The summed E-state index contributed by atoms with van der Waals surface area (Å²) in [4.78, 5) is 27.8. The lowest BCUT2D eigenvalue weighted by Crippen LogP contribution is -2.00. The number of nitro groups is 1. The van der Waals surface area contributed by atoms with Gasteiger partial charge in [0.2, 0.25) is 0 Å². The highest BCUT2D eigenvalue weighted by Gasteiger charge is 2.30. The van der Waals surface area contributed by atoms with Crippen molar-refractivity contribution in [3.05, 3.63) is 39.9 Å². The fraction of sp³-hybridized carbons (Fsp3) is 0.250. The summed E-state index contributed by atoms with van der Waals surface area (Å²) >= 11 is 0. The predicted molar refractivity (Wildman–Crippen MR) is 53.6 cm³/mol. The molecule has 1 aromatic carbocycles. The van der Waals surface area contributed by atoms with Gasteiger partial charge in [-0.3, -0.25) is 14.7 Å². The number of hydrogen-bond acceptors (Lipinski definition) is 3. The van der Waals surface area contributed by atoms with E-state index in [4.69, 9.17) is 9.79 Å². The van der Waals surface area contributed by atoms with Crippen molar-refractivity contribution in [2.75, 3.05) is 0 Å². The van der Waals surface area contributed by atoms with Crippen molar-refractivity contribution in [1.82, 2.24) is 0 Å². The zero-order valence-corrected chi connectivity index (χ0v) is 8.79. The van der Waals surface area contributed by atoms with Crippen molar-refractivity contribution in [3.63, 3.8) is 0 Å². The number of hydrogen-bond donors (Lipinski definition) is 2. The molecular formula is C8H10NO5P. The van der Waals surface area contributed by atoms with Crippen LogP contribution in [0.1, 0.15) is 18.1 Å². The van der Waals surface area contributed by atoms with Gasteiger partial charge in [-0.2, -0.15) is 0 Å². The third-order valence-electron chi connectivity index (χ3n) is 2.09. The molecule has 0 spiro atoms. The van der Waals surface area contributed by atoms with Gasteiger partial charge in [-0.25, -0.2) is 0 Å². The van der Waals surface area contributed by atoms with Crippen LogP contribution in [-0.2, 0) is 4.57 Å². The monoisotopic (exact) mass is 231 g/mol. The maximum absolute atomic E-state index is 11.0. The Balaban J connectivity index is 3.26. The van der Waals surface area contributed by atoms with Crippen LogP contribution in [0.5, 0.6) is 0 Å². The van der Waals surface area contributed by atoms with E-state index in [1.165, 1.54) is 31.2 Å². The maximum Gasteiger partial charge on any atom is 0.332 e. The molecule has 0 aliphatic carbocycles. The summed E-state index contributed by atoms with van der Waals surface area (Å²) in [5.74, 6) is 0. The van der Waals surface area contributed by atoms with Crippen LogP contribution in [0.4, 0.5) is 5.69 Å². The molecule has 0 saturated heterocycles. The van der Waals surface area contributed by atoms with Crippen molar-refractivity contribution in [1.29, 1.82) is 0 Å². The molecule has 0 radical (unpaired) electrons. The van der Waals surface area contributed by atoms with Gasteiger partial charge in [-0.15, -0.1) is 0 Å². The van der Waals surface area contributed by atoms with Crippen molar-refractivity contribution in [2.45, 2.75) is 12.6 Å². The van der Waals surface area contributed by atoms with Crippen LogP contribution in [0.2, 0.25) is 0 Å². The molecule has 0 heterocycles. The van der Waals surface area contributed by atoms with Crippen LogP contribution >= 0.6 is 7.60 Å². The zero-order chi connectivity index (χ0) is 11.6. The second-order valence-electron chi connectivity index (χ2n) is 3.08. The first-order valence-corrected chi connectivity index (χ1v) is 5.80. The van der Waals surface area contributed by atoms with E-state index < -0.39 is 18.2 Å². The summed E-state index contributed by atoms with van der Waals surface area (Å²) in [6, 6.07) is 5.53. The predicted octanol–water partition coefficient (Wildman–Crippen LogP) is 1.83. The molecule has 1 rings (SSSR count). The standard InChI is InChI=1S/C8H10NO5P/c1-6(15(12,13)14)7-4-2-3-5-8(7)9(10)11/h2-6H,1H3,(H2,12,13,14). The van der Waals surface area contributed by atoms with E-state index in [9.17, 15) is 14.7 Å². The Kier molecular flexibility index (Phi) is 3.24. The van der Waals surface area contributed by atoms with E-state index in [1.807, 2.05) is 0 Å². The van der Waals surface area contributed by atoms with Gasteiger partial charge in [0.05, 0.1) is 10.6 Å². The first-order chi connectivity index (χ1) is 6.84. The highest BCUT2D eigenvalue weighted by atomic mass is 31.2. The second kappa shape index (κ2) is 4.10. The summed E-state index contributed by atoms with van der Waals surface area (Å²) < 4.78 is 11.0. The normalized spacial score (nSPS) is 13.5. The van der Waals surface area contributed by atoms with Gasteiger partial charge in [0.1, 0.15) is 0 Å². The van der Waals surface area contributed by atoms with Gasteiger partial charge < -0.3 is 9.79 Å². The lowest BCUT2D eigenvalue weighted by molar-refractivity contribution is -0.385. The third kappa shape index (κ3) is 2.62. The fourth-order valence-corrected chi connectivity index (χ4v) is 1.77. The molecule has 0 aliphatic rings. The number of nitro benzene ring substituents is 1. The molecule has 6 nitrogen and oxygen atoms in total. The molecule has 0 aliphatic heterocycles. The van der Waals surface area contributed by atoms with E-state index in [2.05, 4.69) is 0 Å². The molecule has 1 atom stereocenters.